The van der Waals surface area contributed by atoms with Crippen molar-refractivity contribution in [3.05, 3.63) is 47.9 Å². The van der Waals surface area contributed by atoms with E-state index in [0.717, 1.165) is 62.9 Å². The fourth-order valence-corrected chi connectivity index (χ4v) is 3.84. The summed E-state index contributed by atoms with van der Waals surface area (Å²) in [7, 11) is 0. The van der Waals surface area contributed by atoms with Gasteiger partial charge in [-0.15, -0.1) is 0 Å². The number of carbonyl (C=O) groups is 2. The maximum atomic E-state index is 13.1. The number of nitrogens with one attached hydrogen (secondary N) is 2. The zero-order chi connectivity index (χ0) is 24.1. The highest BCUT2D eigenvalue weighted by Crippen LogP contribution is 2.28. The fraction of sp³-hybridized carbons (Fsp3) is 0.556. The molecule has 2 amide bonds. The molecule has 0 aliphatic heterocycles. The van der Waals surface area contributed by atoms with Crippen LogP contribution in [0, 0.1) is 5.92 Å². The summed E-state index contributed by atoms with van der Waals surface area (Å²) < 4.78 is 5.58. The van der Waals surface area contributed by atoms with E-state index in [2.05, 4.69) is 29.4 Å². The smallest absolute Gasteiger partial charge is 0.253 e. The predicted octanol–water partition coefficient (Wildman–Crippen LogP) is 6.38. The van der Waals surface area contributed by atoms with Crippen molar-refractivity contribution in [3.63, 3.8) is 0 Å². The molecule has 1 heterocycles. The summed E-state index contributed by atoms with van der Waals surface area (Å²) in [6, 6.07) is 9.49. The second-order valence-electron chi connectivity index (χ2n) is 8.58. The van der Waals surface area contributed by atoms with Gasteiger partial charge in [0, 0.05) is 24.7 Å². The van der Waals surface area contributed by atoms with Crippen LogP contribution in [-0.2, 0) is 11.3 Å². The number of amides is 2. The Hall–Kier alpha value is -2.76. The van der Waals surface area contributed by atoms with Crippen LogP contribution in [-0.4, -0.2) is 24.9 Å². The van der Waals surface area contributed by atoms with Crippen molar-refractivity contribution in [1.29, 1.82) is 0 Å². The second-order valence-corrected chi connectivity index (χ2v) is 8.58. The van der Waals surface area contributed by atoms with E-state index in [-0.39, 0.29) is 17.7 Å². The molecule has 2 rings (SSSR count). The minimum atomic E-state index is -0.123. The maximum absolute atomic E-state index is 13.1. The third-order valence-electron chi connectivity index (χ3n) is 5.86. The van der Waals surface area contributed by atoms with Gasteiger partial charge in [-0.3, -0.25) is 9.59 Å². The Kier molecular flexibility index (Phi) is 11.6. The first-order valence-electron chi connectivity index (χ1n) is 12.5. The van der Waals surface area contributed by atoms with Crippen LogP contribution in [0.25, 0.3) is 0 Å². The van der Waals surface area contributed by atoms with Crippen molar-refractivity contribution in [1.82, 2.24) is 5.32 Å². The molecular weight excluding hydrogens is 414 g/mol. The monoisotopic (exact) mass is 455 g/mol. The Balaban J connectivity index is 2.34. The number of benzene rings is 1. The molecule has 0 saturated carbocycles. The Morgan fingerprint density at radius 1 is 1.03 bits per heavy atom. The van der Waals surface area contributed by atoms with Gasteiger partial charge in [0.1, 0.15) is 5.76 Å². The largest absolute Gasteiger partial charge is 0.467 e. The standard InChI is InChI=1S/C27H41N3O3/c1-5-9-12-21(8-4)26(31)29-22-14-15-25(24(19-22)27(32)28-16-7-3)30(17-10-6-2)20-23-13-11-18-33-23/h11,13-15,18-19,21H,5-10,12,16-17,20H2,1-4H3,(H,28,32)(H,29,31). The van der Waals surface area contributed by atoms with Crippen LogP contribution < -0.4 is 15.5 Å². The molecule has 6 heteroatoms. The maximum Gasteiger partial charge on any atom is 0.253 e. The topological polar surface area (TPSA) is 74.6 Å². The van der Waals surface area contributed by atoms with Crippen molar-refractivity contribution in [2.24, 2.45) is 5.92 Å². The van der Waals surface area contributed by atoms with Crippen LogP contribution in [0.5, 0.6) is 0 Å². The molecule has 6 nitrogen and oxygen atoms in total. The van der Waals surface area contributed by atoms with E-state index in [1.165, 1.54) is 0 Å². The number of nitrogens with zero attached hydrogens (tertiary/aromatic N) is 1. The van der Waals surface area contributed by atoms with E-state index in [1.54, 1.807) is 6.26 Å². The number of anilines is 2. The molecule has 0 aliphatic rings. The Morgan fingerprint density at radius 3 is 2.45 bits per heavy atom. The minimum Gasteiger partial charge on any atom is -0.467 e. The van der Waals surface area contributed by atoms with Gasteiger partial charge in [0.05, 0.1) is 24.1 Å². The molecule has 1 aromatic carbocycles. The summed E-state index contributed by atoms with van der Waals surface area (Å²) in [6.07, 6.45) is 8.39. The van der Waals surface area contributed by atoms with Crippen LogP contribution in [0.3, 0.4) is 0 Å². The van der Waals surface area contributed by atoms with Crippen molar-refractivity contribution in [2.45, 2.75) is 79.2 Å². The average molecular weight is 456 g/mol. The normalized spacial score (nSPS) is 11.8. The van der Waals surface area contributed by atoms with Crippen LogP contribution in [0.15, 0.2) is 41.0 Å². The van der Waals surface area contributed by atoms with Crippen LogP contribution >= 0.6 is 0 Å². The number of rotatable bonds is 15. The highest BCUT2D eigenvalue weighted by molar-refractivity contribution is 6.02. The molecule has 0 spiro atoms. The average Bonchev–Trinajstić information content (AvgIpc) is 3.34. The van der Waals surface area contributed by atoms with Crippen molar-refractivity contribution in [3.8, 4) is 0 Å². The van der Waals surface area contributed by atoms with Gasteiger partial charge in [0.15, 0.2) is 0 Å². The Labute approximate surface area is 199 Å². The van der Waals surface area contributed by atoms with E-state index in [0.29, 0.717) is 24.3 Å². The molecule has 2 aromatic rings. The predicted molar refractivity (Wildman–Crippen MR) is 136 cm³/mol. The van der Waals surface area contributed by atoms with Gasteiger partial charge in [-0.25, -0.2) is 0 Å². The zero-order valence-corrected chi connectivity index (χ0v) is 20.8. The second kappa shape index (κ2) is 14.4. The summed E-state index contributed by atoms with van der Waals surface area (Å²) in [4.78, 5) is 28.1. The van der Waals surface area contributed by atoms with Crippen molar-refractivity contribution in [2.75, 3.05) is 23.3 Å². The van der Waals surface area contributed by atoms with Gasteiger partial charge < -0.3 is 20.0 Å². The highest BCUT2D eigenvalue weighted by atomic mass is 16.3. The van der Waals surface area contributed by atoms with Gasteiger partial charge >= 0.3 is 0 Å². The molecule has 1 aromatic heterocycles. The molecule has 1 atom stereocenters. The molecule has 0 fully saturated rings. The van der Waals surface area contributed by atoms with Gasteiger partial charge in [-0.1, -0.05) is 47.0 Å². The lowest BCUT2D eigenvalue weighted by molar-refractivity contribution is -0.120. The number of carbonyl (C=O) groups excluding carboxylic acids is 2. The van der Waals surface area contributed by atoms with Crippen LogP contribution in [0.4, 0.5) is 11.4 Å². The quantitative estimate of drug-likeness (QED) is 0.327. The number of hydrogen-bond donors (Lipinski definition) is 2. The molecule has 2 N–H and O–H groups in total. The zero-order valence-electron chi connectivity index (χ0n) is 20.8. The number of unbranched alkanes of at least 4 members (excludes halogenated alkanes) is 2. The lowest BCUT2D eigenvalue weighted by Crippen LogP contribution is -2.30. The summed E-state index contributed by atoms with van der Waals surface area (Å²) in [5, 5.41) is 6.05. The molecule has 1 unspecified atom stereocenters. The first-order valence-corrected chi connectivity index (χ1v) is 12.5. The van der Waals surface area contributed by atoms with E-state index >= 15 is 0 Å². The summed E-state index contributed by atoms with van der Waals surface area (Å²) in [5.41, 5.74) is 2.09. The lowest BCUT2D eigenvalue weighted by atomic mass is 9.98. The SMILES string of the molecule is CCCCC(CC)C(=O)Nc1ccc(N(CCCC)Cc2ccco2)c(C(=O)NCCC)c1. The Morgan fingerprint density at radius 2 is 1.82 bits per heavy atom. The van der Waals surface area contributed by atoms with Crippen LogP contribution in [0.2, 0.25) is 0 Å². The van der Waals surface area contributed by atoms with Gasteiger partial charge in [-0.2, -0.15) is 0 Å². The summed E-state index contributed by atoms with van der Waals surface area (Å²) in [5.74, 6) is 0.742. The minimum absolute atomic E-state index is 0.0120. The van der Waals surface area contributed by atoms with Crippen molar-refractivity contribution >= 4 is 23.2 Å². The third kappa shape index (κ3) is 8.26. The summed E-state index contributed by atoms with van der Waals surface area (Å²) in [6.45, 7) is 10.4. The van der Waals surface area contributed by atoms with Crippen molar-refractivity contribution < 1.29 is 14.0 Å². The van der Waals surface area contributed by atoms with Crippen LogP contribution in [0.1, 0.15) is 88.8 Å². The molecule has 33 heavy (non-hydrogen) atoms. The van der Waals surface area contributed by atoms with E-state index in [9.17, 15) is 9.59 Å². The van der Waals surface area contributed by atoms with E-state index in [1.807, 2.05) is 44.2 Å². The number of furan rings is 1. The Bertz CT molecular complexity index is 848. The van der Waals surface area contributed by atoms with Gasteiger partial charge in [-0.05, 0) is 56.0 Å². The fourth-order valence-electron chi connectivity index (χ4n) is 3.84. The molecule has 0 radical (unpaired) electrons. The molecule has 0 aliphatic carbocycles. The lowest BCUT2D eigenvalue weighted by Gasteiger charge is -2.27. The van der Waals surface area contributed by atoms with Gasteiger partial charge in [0.2, 0.25) is 5.91 Å². The first kappa shape index (κ1) is 26.5. The first-order chi connectivity index (χ1) is 16.0. The molecule has 0 bridgehead atoms. The van der Waals surface area contributed by atoms with Gasteiger partial charge in [0.25, 0.3) is 5.91 Å². The third-order valence-corrected chi connectivity index (χ3v) is 5.86. The molecule has 0 saturated heterocycles. The molecule has 182 valence electrons. The summed E-state index contributed by atoms with van der Waals surface area (Å²) >= 11 is 0. The van der Waals surface area contributed by atoms with E-state index in [4.69, 9.17) is 4.42 Å². The van der Waals surface area contributed by atoms with E-state index < -0.39 is 0 Å². The highest BCUT2D eigenvalue weighted by Gasteiger charge is 2.21. The molecular formula is C27H41N3O3. The number of hydrogen-bond acceptors (Lipinski definition) is 4.